The number of hydrogen-bond acceptors (Lipinski definition) is 3. The Hall–Kier alpha value is -0.710. The Balaban J connectivity index is 2.04. The molecule has 0 unspecified atom stereocenters. The van der Waals surface area contributed by atoms with Crippen LogP contribution in [0.4, 0.5) is 5.69 Å². The second-order valence-electron chi connectivity index (χ2n) is 5.00. The standard InChI is InChI=1S/C14H18ClNO2S/c1-19-12-5-4-10(15)8-11(12)16-13(17)9-14(18)6-2-3-7-14/h4-5,8,18H,2-3,6-7,9H2,1H3,(H,16,17). The van der Waals surface area contributed by atoms with Crippen molar-refractivity contribution in [2.75, 3.05) is 11.6 Å². The van der Waals surface area contributed by atoms with Crippen LogP contribution in [0.1, 0.15) is 32.1 Å². The molecule has 0 atom stereocenters. The first-order chi connectivity index (χ1) is 9.02. The maximum Gasteiger partial charge on any atom is 0.227 e. The van der Waals surface area contributed by atoms with Crippen molar-refractivity contribution in [2.45, 2.75) is 42.6 Å². The smallest absolute Gasteiger partial charge is 0.227 e. The highest BCUT2D eigenvalue weighted by atomic mass is 35.5. The third kappa shape index (κ3) is 3.88. The summed E-state index contributed by atoms with van der Waals surface area (Å²) in [7, 11) is 0. The number of nitrogens with one attached hydrogen (secondary N) is 1. The van der Waals surface area contributed by atoms with Gasteiger partial charge in [-0.2, -0.15) is 0 Å². The van der Waals surface area contributed by atoms with Gasteiger partial charge in [0.05, 0.1) is 17.7 Å². The van der Waals surface area contributed by atoms with E-state index in [1.54, 1.807) is 23.9 Å². The molecule has 0 spiro atoms. The number of aliphatic hydroxyl groups is 1. The summed E-state index contributed by atoms with van der Waals surface area (Å²) in [6, 6.07) is 5.42. The molecule has 0 saturated heterocycles. The van der Waals surface area contributed by atoms with Crippen molar-refractivity contribution in [1.29, 1.82) is 0 Å². The molecule has 1 aliphatic carbocycles. The van der Waals surface area contributed by atoms with Crippen LogP contribution in [0.3, 0.4) is 0 Å². The maximum atomic E-state index is 12.0. The van der Waals surface area contributed by atoms with E-state index in [1.807, 2.05) is 12.3 Å². The molecule has 0 aliphatic heterocycles. The van der Waals surface area contributed by atoms with Crippen molar-refractivity contribution >= 4 is 35.0 Å². The van der Waals surface area contributed by atoms with Gasteiger partial charge < -0.3 is 10.4 Å². The quantitative estimate of drug-likeness (QED) is 0.834. The van der Waals surface area contributed by atoms with Crippen LogP contribution >= 0.6 is 23.4 Å². The van der Waals surface area contributed by atoms with Gasteiger partial charge in [-0.05, 0) is 37.3 Å². The second-order valence-corrected chi connectivity index (χ2v) is 6.29. The number of thioether (sulfide) groups is 1. The molecule has 1 aromatic carbocycles. The molecule has 0 aromatic heterocycles. The Labute approximate surface area is 122 Å². The number of benzene rings is 1. The van der Waals surface area contributed by atoms with Crippen LogP contribution in [0.15, 0.2) is 23.1 Å². The molecule has 3 nitrogen and oxygen atoms in total. The molecule has 19 heavy (non-hydrogen) atoms. The molecule has 1 amide bonds. The van der Waals surface area contributed by atoms with Gasteiger partial charge in [-0.25, -0.2) is 0 Å². The molecule has 2 N–H and O–H groups in total. The number of halogens is 1. The minimum Gasteiger partial charge on any atom is -0.389 e. The van der Waals surface area contributed by atoms with Crippen molar-refractivity contribution < 1.29 is 9.90 Å². The Kier molecular flexibility index (Phi) is 4.76. The molecule has 0 radical (unpaired) electrons. The van der Waals surface area contributed by atoms with Gasteiger partial charge in [-0.1, -0.05) is 24.4 Å². The summed E-state index contributed by atoms with van der Waals surface area (Å²) >= 11 is 7.50. The predicted octanol–water partition coefficient (Wildman–Crippen LogP) is 3.70. The van der Waals surface area contributed by atoms with Gasteiger partial charge in [-0.15, -0.1) is 11.8 Å². The number of rotatable bonds is 4. The third-order valence-corrected chi connectivity index (χ3v) is 4.49. The molecule has 104 valence electrons. The largest absolute Gasteiger partial charge is 0.389 e. The summed E-state index contributed by atoms with van der Waals surface area (Å²) in [4.78, 5) is 13.0. The number of amides is 1. The lowest BCUT2D eigenvalue weighted by Crippen LogP contribution is -2.30. The Morgan fingerprint density at radius 1 is 1.47 bits per heavy atom. The summed E-state index contributed by atoms with van der Waals surface area (Å²) in [5.74, 6) is -0.151. The van der Waals surface area contributed by atoms with Gasteiger partial charge in [0.1, 0.15) is 0 Å². The number of carbonyl (C=O) groups is 1. The molecule has 0 heterocycles. The van der Waals surface area contributed by atoms with Crippen LogP contribution in [-0.2, 0) is 4.79 Å². The molecule has 1 aliphatic rings. The minimum absolute atomic E-state index is 0.151. The van der Waals surface area contributed by atoms with Gasteiger partial charge in [0.15, 0.2) is 0 Å². The van der Waals surface area contributed by atoms with Crippen molar-refractivity contribution in [1.82, 2.24) is 0 Å². The first kappa shape index (κ1) is 14.7. The van der Waals surface area contributed by atoms with E-state index in [2.05, 4.69) is 5.32 Å². The van der Waals surface area contributed by atoms with Crippen LogP contribution in [0.5, 0.6) is 0 Å². The van der Waals surface area contributed by atoms with E-state index in [1.165, 1.54) is 0 Å². The maximum absolute atomic E-state index is 12.0. The van der Waals surface area contributed by atoms with Crippen LogP contribution in [0.25, 0.3) is 0 Å². The fourth-order valence-corrected chi connectivity index (χ4v) is 3.19. The molecular formula is C14H18ClNO2S. The van der Waals surface area contributed by atoms with Gasteiger partial charge >= 0.3 is 0 Å². The topological polar surface area (TPSA) is 49.3 Å². The molecule has 2 rings (SSSR count). The monoisotopic (exact) mass is 299 g/mol. The zero-order valence-electron chi connectivity index (χ0n) is 10.9. The predicted molar refractivity (Wildman–Crippen MR) is 79.9 cm³/mol. The van der Waals surface area contributed by atoms with Gasteiger partial charge in [-0.3, -0.25) is 4.79 Å². The molecule has 5 heteroatoms. The number of anilines is 1. The minimum atomic E-state index is -0.817. The van der Waals surface area contributed by atoms with E-state index in [0.29, 0.717) is 23.6 Å². The molecule has 0 bridgehead atoms. The normalized spacial score (nSPS) is 17.4. The third-order valence-electron chi connectivity index (χ3n) is 3.46. The fraction of sp³-hybridized carbons (Fsp3) is 0.500. The van der Waals surface area contributed by atoms with E-state index < -0.39 is 5.60 Å². The Morgan fingerprint density at radius 2 is 2.16 bits per heavy atom. The van der Waals surface area contributed by atoms with Gasteiger partial charge in [0.25, 0.3) is 0 Å². The first-order valence-electron chi connectivity index (χ1n) is 6.38. The van der Waals surface area contributed by atoms with E-state index in [0.717, 1.165) is 17.7 Å². The highest BCUT2D eigenvalue weighted by molar-refractivity contribution is 7.98. The lowest BCUT2D eigenvalue weighted by atomic mass is 9.97. The molecule has 1 aromatic rings. The second kappa shape index (κ2) is 6.16. The summed E-state index contributed by atoms with van der Waals surface area (Å²) in [6.07, 6.45) is 5.53. The highest BCUT2D eigenvalue weighted by Gasteiger charge is 2.33. The van der Waals surface area contributed by atoms with Crippen LogP contribution < -0.4 is 5.32 Å². The Bertz CT molecular complexity index is 473. The average molecular weight is 300 g/mol. The number of carbonyl (C=O) groups excluding carboxylic acids is 1. The molecular weight excluding hydrogens is 282 g/mol. The van der Waals surface area contributed by atoms with E-state index in [4.69, 9.17) is 11.6 Å². The molecule has 1 fully saturated rings. The van der Waals surface area contributed by atoms with Crippen molar-refractivity contribution in [3.8, 4) is 0 Å². The lowest BCUT2D eigenvalue weighted by molar-refractivity contribution is -0.120. The zero-order chi connectivity index (χ0) is 13.9. The SMILES string of the molecule is CSc1ccc(Cl)cc1NC(=O)CC1(O)CCCC1. The van der Waals surface area contributed by atoms with Crippen molar-refractivity contribution in [2.24, 2.45) is 0 Å². The van der Waals surface area contributed by atoms with E-state index in [9.17, 15) is 9.90 Å². The van der Waals surface area contributed by atoms with Crippen molar-refractivity contribution in [3.05, 3.63) is 23.2 Å². The van der Waals surface area contributed by atoms with Gasteiger partial charge in [0, 0.05) is 9.92 Å². The fourth-order valence-electron chi connectivity index (χ4n) is 2.48. The summed E-state index contributed by atoms with van der Waals surface area (Å²) < 4.78 is 0. The van der Waals surface area contributed by atoms with E-state index >= 15 is 0 Å². The lowest BCUT2D eigenvalue weighted by Gasteiger charge is -2.21. The summed E-state index contributed by atoms with van der Waals surface area (Å²) in [6.45, 7) is 0. The highest BCUT2D eigenvalue weighted by Crippen LogP contribution is 2.33. The van der Waals surface area contributed by atoms with Crippen LogP contribution in [0, 0.1) is 0 Å². The van der Waals surface area contributed by atoms with Crippen LogP contribution in [-0.4, -0.2) is 22.9 Å². The van der Waals surface area contributed by atoms with E-state index in [-0.39, 0.29) is 12.3 Å². The van der Waals surface area contributed by atoms with Crippen molar-refractivity contribution in [3.63, 3.8) is 0 Å². The zero-order valence-corrected chi connectivity index (χ0v) is 12.5. The van der Waals surface area contributed by atoms with Gasteiger partial charge in [0.2, 0.25) is 5.91 Å². The molecule has 1 saturated carbocycles. The average Bonchev–Trinajstić information content (AvgIpc) is 2.75. The number of hydrogen-bond donors (Lipinski definition) is 2. The summed E-state index contributed by atoms with van der Waals surface area (Å²) in [5, 5.41) is 13.7. The first-order valence-corrected chi connectivity index (χ1v) is 7.98. The Morgan fingerprint density at radius 3 is 2.79 bits per heavy atom. The summed E-state index contributed by atoms with van der Waals surface area (Å²) in [5.41, 5.74) is -0.103. The van der Waals surface area contributed by atoms with Crippen LogP contribution in [0.2, 0.25) is 5.02 Å².